The van der Waals surface area contributed by atoms with Gasteiger partial charge < -0.3 is 14.4 Å². The molecule has 2 unspecified atom stereocenters. The lowest BCUT2D eigenvalue weighted by Crippen LogP contribution is -2.27. The Bertz CT molecular complexity index is 1210. The Morgan fingerprint density at radius 3 is 2.91 bits per heavy atom. The van der Waals surface area contributed by atoms with Crippen LogP contribution in [0.1, 0.15) is 59.4 Å². The number of amides is 1. The van der Waals surface area contributed by atoms with Gasteiger partial charge in [-0.1, -0.05) is 24.3 Å². The van der Waals surface area contributed by atoms with E-state index in [4.69, 9.17) is 9.47 Å². The Kier molecular flexibility index (Phi) is 5.84. The molecule has 1 saturated heterocycles. The third-order valence-corrected chi connectivity index (χ3v) is 6.44. The minimum Gasteiger partial charge on any atom is -0.497 e. The van der Waals surface area contributed by atoms with Crippen molar-refractivity contribution in [3.05, 3.63) is 71.5 Å². The Morgan fingerprint density at radius 2 is 2.12 bits per heavy atom. The van der Waals surface area contributed by atoms with Gasteiger partial charge in [0.15, 0.2) is 0 Å². The molecule has 2 aliphatic heterocycles. The van der Waals surface area contributed by atoms with Gasteiger partial charge in [0.05, 0.1) is 31.8 Å². The summed E-state index contributed by atoms with van der Waals surface area (Å²) in [6, 6.07) is 15.6. The van der Waals surface area contributed by atoms with Crippen LogP contribution in [0.5, 0.6) is 5.75 Å². The zero-order chi connectivity index (χ0) is 22.8. The molecule has 7 heteroatoms. The van der Waals surface area contributed by atoms with Gasteiger partial charge in [-0.05, 0) is 54.2 Å². The molecule has 3 heterocycles. The van der Waals surface area contributed by atoms with Crippen LogP contribution in [0.2, 0.25) is 0 Å². The van der Waals surface area contributed by atoms with Crippen molar-refractivity contribution in [3.8, 4) is 22.9 Å². The van der Waals surface area contributed by atoms with Crippen molar-refractivity contribution in [1.82, 2.24) is 14.7 Å². The highest BCUT2D eigenvalue weighted by atomic mass is 16.5. The van der Waals surface area contributed by atoms with E-state index in [2.05, 4.69) is 11.2 Å². The summed E-state index contributed by atoms with van der Waals surface area (Å²) >= 11 is 0. The fraction of sp³-hybridized carbons (Fsp3) is 0.346. The number of hydrogen-bond acceptors (Lipinski definition) is 5. The van der Waals surface area contributed by atoms with Crippen LogP contribution in [-0.2, 0) is 11.3 Å². The summed E-state index contributed by atoms with van der Waals surface area (Å²) in [7, 11) is 1.62. The molecule has 0 spiro atoms. The summed E-state index contributed by atoms with van der Waals surface area (Å²) in [4.78, 5) is 15.2. The van der Waals surface area contributed by atoms with Crippen LogP contribution in [0.4, 0.5) is 0 Å². The quantitative estimate of drug-likeness (QED) is 0.544. The van der Waals surface area contributed by atoms with Crippen molar-refractivity contribution in [3.63, 3.8) is 0 Å². The number of aromatic nitrogens is 2. The number of carbonyl (C=O) groups is 1. The van der Waals surface area contributed by atoms with Gasteiger partial charge in [-0.3, -0.25) is 4.79 Å². The lowest BCUT2D eigenvalue weighted by Gasteiger charge is -2.23. The van der Waals surface area contributed by atoms with E-state index in [1.54, 1.807) is 12.0 Å². The maximum atomic E-state index is 13.4. The average molecular weight is 443 g/mol. The molecule has 0 radical (unpaired) electrons. The SMILES string of the molecule is COc1cccc(CN2C(=O)c3cc(-c4cnn(C5CCCCO5)c4)ccc3C2CC#N)c1. The molecule has 0 saturated carbocycles. The molecular formula is C26H26N4O3. The zero-order valence-corrected chi connectivity index (χ0v) is 18.6. The van der Waals surface area contributed by atoms with Crippen molar-refractivity contribution in [2.45, 2.75) is 44.5 Å². The molecule has 2 aromatic carbocycles. The highest BCUT2D eigenvalue weighted by molar-refractivity contribution is 6.00. The third kappa shape index (κ3) is 4.10. The van der Waals surface area contributed by atoms with E-state index < -0.39 is 0 Å². The first-order chi connectivity index (χ1) is 16.2. The van der Waals surface area contributed by atoms with Crippen LogP contribution in [-0.4, -0.2) is 34.3 Å². The van der Waals surface area contributed by atoms with E-state index >= 15 is 0 Å². The van der Waals surface area contributed by atoms with Crippen molar-refractivity contribution in [2.75, 3.05) is 13.7 Å². The summed E-state index contributed by atoms with van der Waals surface area (Å²) in [5, 5.41) is 13.9. The summed E-state index contributed by atoms with van der Waals surface area (Å²) in [5.74, 6) is 0.688. The first-order valence-corrected chi connectivity index (χ1v) is 11.3. The Balaban J connectivity index is 1.43. The summed E-state index contributed by atoms with van der Waals surface area (Å²) in [6.07, 6.45) is 7.21. The number of nitrogens with zero attached hydrogens (tertiary/aromatic N) is 4. The van der Waals surface area contributed by atoms with Crippen LogP contribution >= 0.6 is 0 Å². The van der Waals surface area contributed by atoms with Crippen LogP contribution < -0.4 is 4.74 Å². The van der Waals surface area contributed by atoms with Crippen LogP contribution in [0.3, 0.4) is 0 Å². The molecule has 1 fully saturated rings. The number of hydrogen-bond donors (Lipinski definition) is 0. The van der Waals surface area contributed by atoms with E-state index in [1.807, 2.05) is 59.5 Å². The predicted octanol–water partition coefficient (Wildman–Crippen LogP) is 4.87. The summed E-state index contributed by atoms with van der Waals surface area (Å²) in [5.41, 5.74) is 4.40. The number of nitriles is 1. The normalized spacial score (nSPS) is 19.9. The number of methoxy groups -OCH3 is 1. The number of ether oxygens (including phenoxy) is 2. The second-order valence-corrected chi connectivity index (χ2v) is 8.49. The van der Waals surface area contributed by atoms with Crippen LogP contribution in [0.25, 0.3) is 11.1 Å². The highest BCUT2D eigenvalue weighted by Gasteiger charge is 2.36. The number of benzene rings is 2. The molecule has 5 rings (SSSR count). The van der Waals surface area contributed by atoms with E-state index in [-0.39, 0.29) is 24.6 Å². The second-order valence-electron chi connectivity index (χ2n) is 8.49. The molecule has 2 aliphatic rings. The molecule has 0 bridgehead atoms. The van der Waals surface area contributed by atoms with E-state index in [0.717, 1.165) is 53.9 Å². The number of rotatable bonds is 6. The molecule has 1 aromatic heterocycles. The maximum Gasteiger partial charge on any atom is 0.255 e. The maximum absolute atomic E-state index is 13.4. The first kappa shape index (κ1) is 21.2. The Hall–Kier alpha value is -3.63. The lowest BCUT2D eigenvalue weighted by atomic mass is 9.98. The van der Waals surface area contributed by atoms with Gasteiger partial charge in [-0.2, -0.15) is 10.4 Å². The topological polar surface area (TPSA) is 80.4 Å². The summed E-state index contributed by atoms with van der Waals surface area (Å²) in [6.45, 7) is 1.18. The van der Waals surface area contributed by atoms with E-state index in [0.29, 0.717) is 12.1 Å². The van der Waals surface area contributed by atoms with Gasteiger partial charge in [0.2, 0.25) is 0 Å². The molecular weight excluding hydrogens is 416 g/mol. The average Bonchev–Trinajstić information content (AvgIpc) is 3.45. The Labute approximate surface area is 193 Å². The van der Waals surface area contributed by atoms with Gasteiger partial charge in [-0.25, -0.2) is 4.68 Å². The molecule has 3 aromatic rings. The van der Waals surface area contributed by atoms with Crippen molar-refractivity contribution in [1.29, 1.82) is 5.26 Å². The standard InChI is InChI=1S/C26H26N4O3/c1-32-21-6-4-5-18(13-21)16-29-24(10-11-27)22-9-8-19(14-23(22)26(29)31)20-15-28-30(17-20)25-7-2-3-12-33-25/h4-6,8-9,13-15,17,24-25H,2-3,7,10,12,16H2,1H3. The van der Waals surface area contributed by atoms with Gasteiger partial charge in [0.25, 0.3) is 5.91 Å². The predicted molar refractivity (Wildman–Crippen MR) is 122 cm³/mol. The van der Waals surface area contributed by atoms with Crippen molar-refractivity contribution < 1.29 is 14.3 Å². The van der Waals surface area contributed by atoms with Crippen molar-refractivity contribution >= 4 is 5.91 Å². The van der Waals surface area contributed by atoms with Crippen LogP contribution in [0.15, 0.2) is 54.9 Å². The fourth-order valence-electron chi connectivity index (χ4n) is 4.71. The zero-order valence-electron chi connectivity index (χ0n) is 18.6. The third-order valence-electron chi connectivity index (χ3n) is 6.44. The Morgan fingerprint density at radius 1 is 1.21 bits per heavy atom. The number of carbonyl (C=O) groups excluding carboxylic acids is 1. The molecule has 1 amide bonds. The largest absolute Gasteiger partial charge is 0.497 e. The fourth-order valence-corrected chi connectivity index (χ4v) is 4.71. The van der Waals surface area contributed by atoms with Gasteiger partial charge in [0.1, 0.15) is 12.0 Å². The van der Waals surface area contributed by atoms with Crippen LogP contribution in [0, 0.1) is 11.3 Å². The molecule has 7 nitrogen and oxygen atoms in total. The van der Waals surface area contributed by atoms with Gasteiger partial charge in [0, 0.05) is 30.5 Å². The first-order valence-electron chi connectivity index (χ1n) is 11.3. The molecule has 168 valence electrons. The van der Waals surface area contributed by atoms with Crippen molar-refractivity contribution in [2.24, 2.45) is 0 Å². The minimum atomic E-state index is -0.267. The number of fused-ring (bicyclic) bond motifs is 1. The van der Waals surface area contributed by atoms with Gasteiger partial charge in [-0.15, -0.1) is 0 Å². The molecule has 0 N–H and O–H groups in total. The summed E-state index contributed by atoms with van der Waals surface area (Å²) < 4.78 is 13.0. The lowest BCUT2D eigenvalue weighted by molar-refractivity contribution is -0.0394. The van der Waals surface area contributed by atoms with Gasteiger partial charge >= 0.3 is 0 Å². The second kappa shape index (κ2) is 9.08. The monoisotopic (exact) mass is 442 g/mol. The molecule has 33 heavy (non-hydrogen) atoms. The molecule has 0 aliphatic carbocycles. The molecule has 2 atom stereocenters. The highest BCUT2D eigenvalue weighted by Crippen LogP contribution is 2.39. The van der Waals surface area contributed by atoms with E-state index in [9.17, 15) is 10.1 Å². The minimum absolute atomic E-state index is 0.0260. The van der Waals surface area contributed by atoms with E-state index in [1.165, 1.54) is 0 Å². The smallest absolute Gasteiger partial charge is 0.255 e.